The van der Waals surface area contributed by atoms with Crippen LogP contribution >= 0.6 is 0 Å². The van der Waals surface area contributed by atoms with Crippen molar-refractivity contribution in [2.24, 2.45) is 0 Å². The summed E-state index contributed by atoms with van der Waals surface area (Å²) < 4.78 is 0. The van der Waals surface area contributed by atoms with Gasteiger partial charge in [0.25, 0.3) is 0 Å². The van der Waals surface area contributed by atoms with E-state index in [0.717, 1.165) is 12.2 Å². The summed E-state index contributed by atoms with van der Waals surface area (Å²) in [6, 6.07) is 0. The summed E-state index contributed by atoms with van der Waals surface area (Å²) in [7, 11) is 0. The summed E-state index contributed by atoms with van der Waals surface area (Å²) in [6.07, 6.45) is 7.85. The molecule has 0 unspecified atom stereocenters. The van der Waals surface area contributed by atoms with Crippen LogP contribution in [0.2, 0.25) is 0 Å². The second kappa shape index (κ2) is 6.58. The molecule has 0 aliphatic carbocycles. The van der Waals surface area contributed by atoms with Crippen molar-refractivity contribution >= 4 is 0 Å². The minimum Gasteiger partial charge on any atom is -0.455 e. The van der Waals surface area contributed by atoms with Crippen LogP contribution in [0.25, 0.3) is 0 Å². The molecule has 1 rings (SSSR count). The van der Waals surface area contributed by atoms with Crippen LogP contribution in [-0.2, 0) is 32.7 Å². The van der Waals surface area contributed by atoms with Crippen LogP contribution in [0, 0.1) is 6.20 Å². The summed E-state index contributed by atoms with van der Waals surface area (Å²) in [5.74, 6) is 0. The van der Waals surface area contributed by atoms with Crippen LogP contribution < -0.4 is 0 Å². The number of allylic oxidation sites excluding steroid dienone is 3. The second-order valence-electron chi connectivity index (χ2n) is 3.57. The van der Waals surface area contributed by atoms with E-state index >= 15 is 0 Å². The van der Waals surface area contributed by atoms with Gasteiger partial charge in [0.1, 0.15) is 0 Å². The molecule has 0 saturated heterocycles. The maximum Gasteiger partial charge on any atom is 0 e. The molecule has 0 amide bonds. The van der Waals surface area contributed by atoms with Crippen molar-refractivity contribution in [1.29, 1.82) is 0 Å². The number of nitrogens with zero attached hydrogens (tertiary/aromatic N) is 1. The van der Waals surface area contributed by atoms with E-state index in [4.69, 9.17) is 0 Å². The van der Waals surface area contributed by atoms with Crippen LogP contribution in [0.3, 0.4) is 0 Å². The summed E-state index contributed by atoms with van der Waals surface area (Å²) in [5.41, 5.74) is 3.55. The fourth-order valence-electron chi connectivity index (χ4n) is 1.44. The molecule has 1 aliphatic rings. The molecule has 0 aromatic heterocycles. The predicted octanol–water partition coefficient (Wildman–Crippen LogP) is 3.27. The van der Waals surface area contributed by atoms with Crippen LogP contribution in [0.5, 0.6) is 0 Å². The average Bonchev–Trinajstić information content (AvgIpc) is 2.09. The molecule has 1 nitrogen and oxygen atoms in total. The van der Waals surface area contributed by atoms with Gasteiger partial charge in [0.2, 0.25) is 0 Å². The van der Waals surface area contributed by atoms with Crippen molar-refractivity contribution in [3.63, 3.8) is 0 Å². The van der Waals surface area contributed by atoms with Gasteiger partial charge in [-0.1, -0.05) is 39.1 Å². The van der Waals surface area contributed by atoms with Crippen molar-refractivity contribution in [1.82, 2.24) is 4.90 Å². The first-order valence-corrected chi connectivity index (χ1v) is 4.90. The Morgan fingerprint density at radius 1 is 1.43 bits per heavy atom. The van der Waals surface area contributed by atoms with Crippen molar-refractivity contribution in [2.45, 2.75) is 33.6 Å². The van der Waals surface area contributed by atoms with Gasteiger partial charge in [-0.15, -0.1) is 17.7 Å². The molecule has 75 valence electrons. The van der Waals surface area contributed by atoms with Gasteiger partial charge in [0.05, 0.1) is 0 Å². The Bertz CT molecular complexity index is 263. The quantitative estimate of drug-likeness (QED) is 0.708. The normalized spacial score (nSPS) is 15.9. The van der Waals surface area contributed by atoms with Gasteiger partial charge >= 0.3 is 0 Å². The Labute approximate surface area is 113 Å². The third-order valence-electron chi connectivity index (χ3n) is 2.26. The van der Waals surface area contributed by atoms with Gasteiger partial charge < -0.3 is 4.90 Å². The molecular weight excluding hydrogens is 247 g/mol. The van der Waals surface area contributed by atoms with Gasteiger partial charge in [-0.05, 0) is 13.0 Å². The Morgan fingerprint density at radius 3 is 2.64 bits per heavy atom. The van der Waals surface area contributed by atoms with Crippen LogP contribution in [0.15, 0.2) is 29.5 Å². The van der Waals surface area contributed by atoms with Gasteiger partial charge in [-0.3, -0.25) is 0 Å². The average molecular weight is 265 g/mol. The first-order chi connectivity index (χ1) is 6.15. The second-order valence-corrected chi connectivity index (χ2v) is 3.57. The van der Waals surface area contributed by atoms with E-state index in [1.165, 1.54) is 24.0 Å². The van der Waals surface area contributed by atoms with Crippen molar-refractivity contribution < 1.29 is 32.7 Å². The number of hydrogen-bond acceptors (Lipinski definition) is 1. The van der Waals surface area contributed by atoms with E-state index in [1.807, 2.05) is 0 Å². The molecule has 0 aromatic carbocycles. The molecule has 0 saturated carbocycles. The minimum atomic E-state index is 0. The predicted molar refractivity (Wildman–Crippen MR) is 56.9 cm³/mol. The number of rotatable bonds is 3. The largest absolute Gasteiger partial charge is 0.455 e. The van der Waals surface area contributed by atoms with E-state index in [9.17, 15) is 0 Å². The summed E-state index contributed by atoms with van der Waals surface area (Å²) in [5, 5.41) is 0. The van der Waals surface area contributed by atoms with E-state index < -0.39 is 0 Å². The summed E-state index contributed by atoms with van der Waals surface area (Å²) in [4.78, 5) is 2.13. The third-order valence-corrected chi connectivity index (χ3v) is 2.26. The fourth-order valence-corrected chi connectivity index (χ4v) is 1.44. The van der Waals surface area contributed by atoms with E-state index in [-0.39, 0.29) is 32.7 Å². The van der Waals surface area contributed by atoms with Crippen LogP contribution in [-0.4, -0.2) is 11.4 Å². The third kappa shape index (κ3) is 3.70. The molecular formula is C12H18NY-. The summed E-state index contributed by atoms with van der Waals surface area (Å²) in [6.45, 7) is 11.5. The van der Waals surface area contributed by atoms with Crippen molar-refractivity contribution in [3.05, 3.63) is 35.7 Å². The SMILES string of the molecule is C=C1C(C)=CC(C)=[C-]N1CCCC.[Y]. The Hall–Kier alpha value is 0.124. The molecule has 0 N–H and O–H groups in total. The van der Waals surface area contributed by atoms with E-state index in [0.29, 0.717) is 0 Å². The Balaban J connectivity index is 0.00000169. The first kappa shape index (κ1) is 14.1. The van der Waals surface area contributed by atoms with E-state index in [2.05, 4.69) is 44.5 Å². The molecule has 1 radical (unpaired) electrons. The zero-order valence-corrected chi connectivity index (χ0v) is 12.3. The molecule has 0 aromatic rings. The molecule has 0 spiro atoms. The van der Waals surface area contributed by atoms with Crippen LogP contribution in [0.4, 0.5) is 0 Å². The van der Waals surface area contributed by atoms with Gasteiger partial charge in [-0.2, -0.15) is 6.08 Å². The van der Waals surface area contributed by atoms with E-state index in [1.54, 1.807) is 0 Å². The molecule has 2 heteroatoms. The van der Waals surface area contributed by atoms with Crippen molar-refractivity contribution in [3.8, 4) is 0 Å². The maximum atomic E-state index is 4.05. The minimum absolute atomic E-state index is 0. The molecule has 0 atom stereocenters. The Morgan fingerprint density at radius 2 is 2.07 bits per heavy atom. The van der Waals surface area contributed by atoms with Crippen molar-refractivity contribution in [2.75, 3.05) is 6.54 Å². The standard InChI is InChI=1S/C12H18N.Y/c1-5-6-7-13-9-10(2)8-11(3)12(13)4;/h8H,4-7H2,1-3H3;/q-1;. The molecule has 0 fully saturated rings. The maximum absolute atomic E-state index is 4.05. The number of unbranched alkanes of at least 4 members (excludes halogenated alkanes) is 1. The monoisotopic (exact) mass is 265 g/mol. The van der Waals surface area contributed by atoms with Crippen LogP contribution in [0.1, 0.15) is 33.6 Å². The first-order valence-electron chi connectivity index (χ1n) is 4.90. The molecule has 14 heavy (non-hydrogen) atoms. The molecule has 1 heterocycles. The Kier molecular flexibility index (Phi) is 6.64. The van der Waals surface area contributed by atoms with Gasteiger partial charge in [0, 0.05) is 32.7 Å². The smallest absolute Gasteiger partial charge is 0 e. The topological polar surface area (TPSA) is 3.24 Å². The number of hydrogen-bond donors (Lipinski definition) is 0. The zero-order valence-electron chi connectivity index (χ0n) is 9.43. The fraction of sp³-hybridized carbons (Fsp3) is 0.500. The molecule has 1 aliphatic heterocycles. The zero-order chi connectivity index (χ0) is 9.84. The molecule has 0 bridgehead atoms. The van der Waals surface area contributed by atoms with Gasteiger partial charge in [0.15, 0.2) is 0 Å². The van der Waals surface area contributed by atoms with Gasteiger partial charge in [-0.25, -0.2) is 0 Å². The summed E-state index contributed by atoms with van der Waals surface area (Å²) >= 11 is 0.